The predicted molar refractivity (Wildman–Crippen MR) is 95.3 cm³/mol. The summed E-state index contributed by atoms with van der Waals surface area (Å²) in [6, 6.07) is 13.4. The number of hydrogen-bond acceptors (Lipinski definition) is 5. The molecule has 1 N–H and O–H groups in total. The van der Waals surface area contributed by atoms with Gasteiger partial charge in [0, 0.05) is 12.6 Å². The standard InChI is InChI=1S/C19H18N2O5/c1-12(22)21-11-17(26-16-6-4-3-5-15(16)21)18(23)20-14-9-7-13(8-10-14)19(24)25-2/h3-10,17H,11H2,1-2H3,(H,20,23)/t17-/m0/s1. The average Bonchev–Trinajstić information content (AvgIpc) is 2.66. The molecule has 26 heavy (non-hydrogen) atoms. The van der Waals surface area contributed by atoms with E-state index in [1.165, 1.54) is 18.9 Å². The fourth-order valence-electron chi connectivity index (χ4n) is 2.70. The number of anilines is 2. The normalized spacial score (nSPS) is 15.5. The van der Waals surface area contributed by atoms with Crippen LogP contribution in [-0.4, -0.2) is 37.5 Å². The van der Waals surface area contributed by atoms with Crippen LogP contribution in [0.4, 0.5) is 11.4 Å². The highest BCUT2D eigenvalue weighted by molar-refractivity contribution is 5.99. The van der Waals surface area contributed by atoms with Crippen LogP contribution in [0.15, 0.2) is 48.5 Å². The highest BCUT2D eigenvalue weighted by atomic mass is 16.5. The number of methoxy groups -OCH3 is 1. The van der Waals surface area contributed by atoms with E-state index < -0.39 is 12.1 Å². The van der Waals surface area contributed by atoms with Crippen molar-refractivity contribution in [2.45, 2.75) is 13.0 Å². The number of carbonyl (C=O) groups is 3. The van der Waals surface area contributed by atoms with E-state index >= 15 is 0 Å². The average molecular weight is 354 g/mol. The number of nitrogens with zero attached hydrogens (tertiary/aromatic N) is 1. The molecule has 1 aliphatic heterocycles. The summed E-state index contributed by atoms with van der Waals surface area (Å²) in [5, 5.41) is 2.73. The third kappa shape index (κ3) is 3.51. The maximum Gasteiger partial charge on any atom is 0.337 e. The lowest BCUT2D eigenvalue weighted by molar-refractivity contribution is -0.123. The SMILES string of the molecule is COC(=O)c1ccc(NC(=O)[C@@H]2CN(C(C)=O)c3ccccc3O2)cc1. The van der Waals surface area contributed by atoms with Gasteiger partial charge in [0.05, 0.1) is 24.9 Å². The minimum atomic E-state index is -0.839. The molecule has 0 saturated carbocycles. The molecule has 0 aliphatic carbocycles. The van der Waals surface area contributed by atoms with Crippen LogP contribution in [0.1, 0.15) is 17.3 Å². The highest BCUT2D eigenvalue weighted by Gasteiger charge is 2.32. The molecule has 134 valence electrons. The number of carbonyl (C=O) groups excluding carboxylic acids is 3. The largest absolute Gasteiger partial charge is 0.476 e. The summed E-state index contributed by atoms with van der Waals surface area (Å²) in [5.41, 5.74) is 1.54. The molecule has 0 aromatic heterocycles. The summed E-state index contributed by atoms with van der Waals surface area (Å²) in [7, 11) is 1.30. The Labute approximate surface area is 150 Å². The van der Waals surface area contributed by atoms with Crippen LogP contribution >= 0.6 is 0 Å². The number of rotatable bonds is 3. The van der Waals surface area contributed by atoms with Gasteiger partial charge in [-0.2, -0.15) is 0 Å². The smallest absolute Gasteiger partial charge is 0.337 e. The molecule has 2 aromatic carbocycles. The Hall–Kier alpha value is -3.35. The topological polar surface area (TPSA) is 84.9 Å². The molecule has 1 atom stereocenters. The lowest BCUT2D eigenvalue weighted by Gasteiger charge is -2.33. The minimum Gasteiger partial charge on any atom is -0.476 e. The quantitative estimate of drug-likeness (QED) is 0.855. The van der Waals surface area contributed by atoms with E-state index in [9.17, 15) is 14.4 Å². The zero-order valence-corrected chi connectivity index (χ0v) is 14.4. The third-order valence-corrected chi connectivity index (χ3v) is 4.02. The summed E-state index contributed by atoms with van der Waals surface area (Å²) in [6.07, 6.45) is -0.839. The van der Waals surface area contributed by atoms with Gasteiger partial charge in [-0.05, 0) is 36.4 Å². The van der Waals surface area contributed by atoms with Gasteiger partial charge in [0.1, 0.15) is 5.75 Å². The van der Waals surface area contributed by atoms with Crippen LogP contribution in [0.3, 0.4) is 0 Å². The number of esters is 1. The van der Waals surface area contributed by atoms with Crippen molar-refractivity contribution in [1.29, 1.82) is 0 Å². The molecule has 0 spiro atoms. The number of ether oxygens (including phenoxy) is 2. The second kappa shape index (κ2) is 7.26. The third-order valence-electron chi connectivity index (χ3n) is 4.02. The molecule has 2 amide bonds. The van der Waals surface area contributed by atoms with Gasteiger partial charge in [-0.25, -0.2) is 4.79 Å². The van der Waals surface area contributed by atoms with E-state index in [-0.39, 0.29) is 18.4 Å². The Balaban J connectivity index is 1.74. The maximum atomic E-state index is 12.6. The van der Waals surface area contributed by atoms with Gasteiger partial charge in [-0.3, -0.25) is 9.59 Å². The maximum absolute atomic E-state index is 12.6. The van der Waals surface area contributed by atoms with E-state index in [2.05, 4.69) is 10.1 Å². The Morgan fingerprint density at radius 2 is 1.81 bits per heavy atom. The number of nitrogens with one attached hydrogen (secondary N) is 1. The van der Waals surface area contributed by atoms with Crippen molar-refractivity contribution in [3.63, 3.8) is 0 Å². The fraction of sp³-hybridized carbons (Fsp3) is 0.211. The molecule has 3 rings (SSSR count). The van der Waals surface area contributed by atoms with Crippen molar-refractivity contribution in [2.75, 3.05) is 23.9 Å². The lowest BCUT2D eigenvalue weighted by Crippen LogP contribution is -2.48. The Bertz CT molecular complexity index is 847. The van der Waals surface area contributed by atoms with Crippen LogP contribution in [0, 0.1) is 0 Å². The van der Waals surface area contributed by atoms with Crippen LogP contribution < -0.4 is 15.0 Å². The fourth-order valence-corrected chi connectivity index (χ4v) is 2.70. The molecule has 2 aromatic rings. The van der Waals surface area contributed by atoms with Crippen LogP contribution in [-0.2, 0) is 14.3 Å². The van der Waals surface area contributed by atoms with E-state index in [1.807, 2.05) is 0 Å². The molecule has 7 nitrogen and oxygen atoms in total. The number of hydrogen-bond donors (Lipinski definition) is 1. The summed E-state index contributed by atoms with van der Waals surface area (Å²) in [5.74, 6) is -0.514. The van der Waals surface area contributed by atoms with Gasteiger partial charge in [-0.15, -0.1) is 0 Å². The molecule has 1 aliphatic rings. The molecule has 0 radical (unpaired) electrons. The van der Waals surface area contributed by atoms with Gasteiger partial charge in [0.25, 0.3) is 5.91 Å². The van der Waals surface area contributed by atoms with Gasteiger partial charge < -0.3 is 19.7 Å². The van der Waals surface area contributed by atoms with Crippen molar-refractivity contribution in [1.82, 2.24) is 0 Å². The molecule has 0 unspecified atom stereocenters. The van der Waals surface area contributed by atoms with Gasteiger partial charge in [-0.1, -0.05) is 12.1 Å². The van der Waals surface area contributed by atoms with Gasteiger partial charge >= 0.3 is 5.97 Å². The molecule has 0 fully saturated rings. The molecule has 7 heteroatoms. The summed E-state index contributed by atoms with van der Waals surface area (Å²) >= 11 is 0. The minimum absolute atomic E-state index is 0.123. The van der Waals surface area contributed by atoms with Crippen molar-refractivity contribution < 1.29 is 23.9 Å². The van der Waals surface area contributed by atoms with Crippen molar-refractivity contribution in [3.05, 3.63) is 54.1 Å². The molecular formula is C19H18N2O5. The van der Waals surface area contributed by atoms with E-state index in [0.29, 0.717) is 22.7 Å². The summed E-state index contributed by atoms with van der Waals surface area (Å²) in [4.78, 5) is 37.4. The van der Waals surface area contributed by atoms with Crippen LogP contribution in [0.2, 0.25) is 0 Å². The number of amides is 2. The Morgan fingerprint density at radius 1 is 1.12 bits per heavy atom. The monoisotopic (exact) mass is 354 g/mol. The van der Waals surface area contributed by atoms with Crippen LogP contribution in [0.5, 0.6) is 5.75 Å². The van der Waals surface area contributed by atoms with Crippen molar-refractivity contribution in [2.24, 2.45) is 0 Å². The highest BCUT2D eigenvalue weighted by Crippen LogP contribution is 2.33. The number of fused-ring (bicyclic) bond motifs is 1. The first-order valence-electron chi connectivity index (χ1n) is 8.02. The first kappa shape index (κ1) is 17.5. The van der Waals surface area contributed by atoms with E-state index in [4.69, 9.17) is 4.74 Å². The summed E-state index contributed by atoms with van der Waals surface area (Å²) in [6.45, 7) is 1.57. The number of para-hydroxylation sites is 2. The lowest BCUT2D eigenvalue weighted by atomic mass is 10.1. The first-order chi connectivity index (χ1) is 12.5. The zero-order chi connectivity index (χ0) is 18.7. The zero-order valence-electron chi connectivity index (χ0n) is 14.4. The molecule has 0 saturated heterocycles. The van der Waals surface area contributed by atoms with E-state index in [0.717, 1.165) is 0 Å². The molecule has 1 heterocycles. The summed E-state index contributed by atoms with van der Waals surface area (Å²) < 4.78 is 10.4. The van der Waals surface area contributed by atoms with Crippen molar-refractivity contribution in [3.8, 4) is 5.75 Å². The second-order valence-corrected chi connectivity index (χ2v) is 5.76. The predicted octanol–water partition coefficient (Wildman–Crippen LogP) is 2.23. The second-order valence-electron chi connectivity index (χ2n) is 5.76. The molecule has 0 bridgehead atoms. The van der Waals surface area contributed by atoms with Gasteiger partial charge in [0.2, 0.25) is 5.91 Å². The Morgan fingerprint density at radius 3 is 2.46 bits per heavy atom. The van der Waals surface area contributed by atoms with Gasteiger partial charge in [0.15, 0.2) is 6.10 Å². The number of benzene rings is 2. The van der Waals surface area contributed by atoms with Crippen LogP contribution in [0.25, 0.3) is 0 Å². The Kier molecular flexibility index (Phi) is 4.88. The molecular weight excluding hydrogens is 336 g/mol. The van der Waals surface area contributed by atoms with Crippen molar-refractivity contribution >= 4 is 29.2 Å². The first-order valence-corrected chi connectivity index (χ1v) is 8.02. The van der Waals surface area contributed by atoms with E-state index in [1.54, 1.807) is 48.5 Å².